The van der Waals surface area contributed by atoms with E-state index in [1.807, 2.05) is 0 Å². The average molecular weight is 353 g/mol. The zero-order chi connectivity index (χ0) is 12.5. The number of benzene rings is 1. The van der Waals surface area contributed by atoms with E-state index in [-0.39, 0.29) is 29.4 Å². The lowest BCUT2D eigenvalue weighted by Gasteiger charge is -2.14. The van der Waals surface area contributed by atoms with Gasteiger partial charge in [0.15, 0.2) is 5.71 Å². The molecule has 0 radical (unpaired) electrons. The monoisotopic (exact) mass is 353 g/mol. The van der Waals surface area contributed by atoms with Crippen LogP contribution in [0.2, 0.25) is 0 Å². The molecule has 0 N–H and O–H groups in total. The summed E-state index contributed by atoms with van der Waals surface area (Å²) in [6.07, 6.45) is 7.23. The zero-order valence-electron chi connectivity index (χ0n) is 11.3. The van der Waals surface area contributed by atoms with Crippen LogP contribution in [0, 0.1) is 12.3 Å². The van der Waals surface area contributed by atoms with Crippen LogP contribution >= 0.6 is 0 Å². The van der Waals surface area contributed by atoms with Crippen molar-refractivity contribution in [1.82, 2.24) is 0 Å². The second-order valence-corrected chi connectivity index (χ2v) is 5.19. The molecule has 1 nitrogen and oxygen atoms in total. The summed E-state index contributed by atoms with van der Waals surface area (Å²) in [5.41, 5.74) is 4.35. The van der Waals surface area contributed by atoms with Crippen LogP contribution in [-0.2, 0) is 5.41 Å². The van der Waals surface area contributed by atoms with Crippen LogP contribution in [0.5, 0.6) is 0 Å². The predicted molar refractivity (Wildman–Crippen MR) is 73.0 cm³/mol. The number of para-hydroxylation sites is 1. The quantitative estimate of drug-likeness (QED) is 0.322. The van der Waals surface area contributed by atoms with Crippen molar-refractivity contribution in [3.63, 3.8) is 0 Å². The average Bonchev–Trinajstić information content (AvgIpc) is 2.51. The highest BCUT2D eigenvalue weighted by Gasteiger charge is 2.42. The topological polar surface area (TPSA) is 3.01 Å². The first kappa shape index (κ1) is 15.2. The van der Waals surface area contributed by atoms with Crippen molar-refractivity contribution in [2.45, 2.75) is 39.0 Å². The van der Waals surface area contributed by atoms with Crippen LogP contribution in [-0.4, -0.2) is 16.8 Å². The fourth-order valence-corrected chi connectivity index (χ4v) is 2.58. The summed E-state index contributed by atoms with van der Waals surface area (Å²) in [6, 6.07) is 8.68. The van der Waals surface area contributed by atoms with Gasteiger partial charge in [0.2, 0.25) is 5.69 Å². The minimum atomic E-state index is 0. The molecule has 96 valence electrons. The van der Waals surface area contributed by atoms with Crippen molar-refractivity contribution in [1.29, 1.82) is 0 Å². The molecule has 0 saturated carbocycles. The van der Waals surface area contributed by atoms with Gasteiger partial charge in [-0.3, -0.25) is 0 Å². The Hall–Kier alpha value is -0.820. The van der Waals surface area contributed by atoms with E-state index in [2.05, 4.69) is 55.5 Å². The zero-order valence-corrected chi connectivity index (χ0v) is 13.5. The molecule has 0 atom stereocenters. The van der Waals surface area contributed by atoms with Crippen molar-refractivity contribution in [3.8, 4) is 12.3 Å². The number of hydrogen-bond acceptors (Lipinski definition) is 0. The largest absolute Gasteiger partial charge is 1.00 e. The normalized spacial score (nSPS) is 15.9. The second-order valence-electron chi connectivity index (χ2n) is 5.19. The van der Waals surface area contributed by atoms with Gasteiger partial charge in [-0.25, -0.2) is 0 Å². The lowest BCUT2D eigenvalue weighted by molar-refractivity contribution is -0.439. The molecule has 1 aliphatic heterocycles. The highest BCUT2D eigenvalue weighted by molar-refractivity contribution is 5.93. The standard InChI is InChI=1S/C16H20N.HI/c1-5-6-9-12-17-13(2)16(3,4)14-10-7-8-11-15(14)17;/h1,7-8,10-11H,6,9,12H2,2-4H3;1H/q+1;/p-1. The number of hydrogen-bond donors (Lipinski definition) is 0. The molecule has 0 fully saturated rings. The Labute approximate surface area is 127 Å². The number of halogens is 1. The number of unbranched alkanes of at least 4 members (excludes halogenated alkanes) is 1. The summed E-state index contributed by atoms with van der Waals surface area (Å²) < 4.78 is 2.42. The third-order valence-electron chi connectivity index (χ3n) is 3.88. The first-order valence-corrected chi connectivity index (χ1v) is 6.23. The Balaban J connectivity index is 0.00000162. The third kappa shape index (κ3) is 2.47. The first-order chi connectivity index (χ1) is 8.09. The van der Waals surface area contributed by atoms with Crippen molar-refractivity contribution in [2.24, 2.45) is 0 Å². The Kier molecular flexibility index (Phi) is 4.98. The van der Waals surface area contributed by atoms with E-state index < -0.39 is 0 Å². The summed E-state index contributed by atoms with van der Waals surface area (Å²) in [4.78, 5) is 0. The van der Waals surface area contributed by atoms with Crippen molar-refractivity contribution < 1.29 is 28.6 Å². The minimum Gasteiger partial charge on any atom is -1.00 e. The van der Waals surface area contributed by atoms with E-state index in [1.165, 1.54) is 17.0 Å². The van der Waals surface area contributed by atoms with Crippen LogP contribution in [0.4, 0.5) is 5.69 Å². The summed E-state index contributed by atoms with van der Waals surface area (Å²) in [5.74, 6) is 2.72. The molecule has 1 aromatic carbocycles. The van der Waals surface area contributed by atoms with E-state index in [4.69, 9.17) is 6.42 Å². The van der Waals surface area contributed by atoms with E-state index >= 15 is 0 Å². The van der Waals surface area contributed by atoms with Crippen molar-refractivity contribution >= 4 is 11.4 Å². The second kappa shape index (κ2) is 5.88. The molecule has 0 unspecified atom stereocenters. The maximum absolute atomic E-state index is 5.32. The van der Waals surface area contributed by atoms with Gasteiger partial charge in [-0.05, 0) is 13.8 Å². The maximum atomic E-state index is 5.32. The van der Waals surface area contributed by atoms with Gasteiger partial charge in [-0.2, -0.15) is 4.58 Å². The molecule has 0 amide bonds. The third-order valence-corrected chi connectivity index (χ3v) is 3.88. The van der Waals surface area contributed by atoms with Gasteiger partial charge in [0.05, 0.1) is 5.41 Å². The van der Waals surface area contributed by atoms with Gasteiger partial charge in [0.25, 0.3) is 0 Å². The molecule has 1 aliphatic rings. The number of rotatable bonds is 3. The van der Waals surface area contributed by atoms with E-state index in [1.54, 1.807) is 0 Å². The molecule has 0 bridgehead atoms. The fourth-order valence-electron chi connectivity index (χ4n) is 2.58. The van der Waals surface area contributed by atoms with Gasteiger partial charge in [-0.15, -0.1) is 12.3 Å². The highest BCUT2D eigenvalue weighted by Crippen LogP contribution is 2.39. The van der Waals surface area contributed by atoms with Crippen LogP contribution in [0.1, 0.15) is 39.2 Å². The predicted octanol–water partition coefficient (Wildman–Crippen LogP) is 0.500. The van der Waals surface area contributed by atoms with Crippen LogP contribution in [0.25, 0.3) is 0 Å². The molecule has 0 spiro atoms. The van der Waals surface area contributed by atoms with Gasteiger partial charge in [-0.1, -0.05) is 18.2 Å². The van der Waals surface area contributed by atoms with Crippen LogP contribution < -0.4 is 24.0 Å². The molecule has 1 aromatic rings. The van der Waals surface area contributed by atoms with Crippen molar-refractivity contribution in [2.75, 3.05) is 6.54 Å². The van der Waals surface area contributed by atoms with Crippen LogP contribution in [0.3, 0.4) is 0 Å². The smallest absolute Gasteiger partial charge is 0.209 e. The Bertz CT molecular complexity index is 506. The Morgan fingerprint density at radius 3 is 2.61 bits per heavy atom. The van der Waals surface area contributed by atoms with Crippen molar-refractivity contribution in [3.05, 3.63) is 29.8 Å². The minimum absolute atomic E-state index is 0. The molecule has 0 aromatic heterocycles. The summed E-state index contributed by atoms with van der Waals surface area (Å²) in [7, 11) is 0. The van der Waals surface area contributed by atoms with Gasteiger partial charge < -0.3 is 24.0 Å². The SMILES string of the molecule is C#CCCC[N+]1=C(C)C(C)(C)c2ccccc21.[I-]. The molecule has 2 heteroatoms. The first-order valence-electron chi connectivity index (χ1n) is 6.23. The molecular weight excluding hydrogens is 333 g/mol. The summed E-state index contributed by atoms with van der Waals surface area (Å²) in [5, 5.41) is 0. The van der Waals surface area contributed by atoms with Gasteiger partial charge in [0.1, 0.15) is 6.54 Å². The lowest BCUT2D eigenvalue weighted by atomic mass is 9.82. The molecular formula is C16H20IN. The Morgan fingerprint density at radius 2 is 1.94 bits per heavy atom. The number of nitrogens with zero attached hydrogens (tertiary/aromatic N) is 1. The fraction of sp³-hybridized carbons (Fsp3) is 0.438. The van der Waals surface area contributed by atoms with Gasteiger partial charge >= 0.3 is 0 Å². The Morgan fingerprint density at radius 1 is 1.28 bits per heavy atom. The molecule has 0 saturated heterocycles. The summed E-state index contributed by atoms with van der Waals surface area (Å²) >= 11 is 0. The van der Waals surface area contributed by atoms with Crippen LogP contribution in [0.15, 0.2) is 24.3 Å². The molecule has 1 heterocycles. The maximum Gasteiger partial charge on any atom is 0.209 e. The van der Waals surface area contributed by atoms with E-state index in [0.29, 0.717) is 0 Å². The summed E-state index contributed by atoms with van der Waals surface area (Å²) in [6.45, 7) is 7.84. The highest BCUT2D eigenvalue weighted by atomic mass is 127. The number of fused-ring (bicyclic) bond motifs is 1. The van der Waals surface area contributed by atoms with E-state index in [9.17, 15) is 0 Å². The number of terminal acetylenes is 1. The molecule has 2 rings (SSSR count). The van der Waals surface area contributed by atoms with Gasteiger partial charge in [0, 0.05) is 31.4 Å². The molecule has 0 aliphatic carbocycles. The molecule has 18 heavy (non-hydrogen) atoms. The lowest BCUT2D eigenvalue weighted by Crippen LogP contribution is -3.00. The van der Waals surface area contributed by atoms with E-state index in [0.717, 1.165) is 19.4 Å².